The molecule has 1 amide bonds. The van der Waals surface area contributed by atoms with Gasteiger partial charge in [-0.1, -0.05) is 53.6 Å². The molecule has 4 N–H and O–H groups in total. The molecular weight excluding hydrogens is 620 g/mol. The molecule has 1 heterocycles. The number of hydrogen-bond donors (Lipinski definition) is 3. The van der Waals surface area contributed by atoms with Crippen molar-refractivity contribution >= 4 is 17.5 Å². The number of nitrogens with one attached hydrogen (secondary N) is 2. The van der Waals surface area contributed by atoms with Crippen LogP contribution in [0.2, 0.25) is 5.02 Å². The molecule has 2 atom stereocenters. The number of nitriles is 1. The highest BCUT2D eigenvalue weighted by Crippen LogP contribution is 2.36. The number of amides is 1. The first-order valence-corrected chi connectivity index (χ1v) is 17.3. The fraction of sp³-hybridized carbons (Fsp3) is 0.400. The summed E-state index contributed by atoms with van der Waals surface area (Å²) in [6.07, 6.45) is 6.85. The summed E-state index contributed by atoms with van der Waals surface area (Å²) in [5.41, 5.74) is 12.3. The molecule has 0 spiro atoms. The maximum Gasteiger partial charge on any atom is 0.253 e. The van der Waals surface area contributed by atoms with E-state index in [0.717, 1.165) is 55.4 Å². The van der Waals surface area contributed by atoms with E-state index in [9.17, 15) is 10.1 Å². The molecule has 1 saturated carbocycles. The molecular formula is C40H47ClN4O3. The van der Waals surface area contributed by atoms with Gasteiger partial charge in [0.1, 0.15) is 17.3 Å². The van der Waals surface area contributed by atoms with Crippen molar-refractivity contribution < 1.29 is 13.9 Å². The largest absolute Gasteiger partial charge is 0.496 e. The fourth-order valence-electron chi connectivity index (χ4n) is 6.60. The molecule has 1 fully saturated rings. The second-order valence-electron chi connectivity index (χ2n) is 13.3. The lowest BCUT2D eigenvalue weighted by Gasteiger charge is -2.28. The highest BCUT2D eigenvalue weighted by molar-refractivity contribution is 6.34. The Morgan fingerprint density at radius 3 is 2.50 bits per heavy atom. The Hall–Kier alpha value is -4.09. The SMILES string of the molecule is COc1cc(Cl)c(C(=O)N[C@@H](CCC2CCC(N)CC2)Cc2ccc(C#N)c(C)c2)cc1-c1ccc(CN[C@H](C)c2ccc(C)cc2)o1. The Morgan fingerprint density at radius 2 is 1.81 bits per heavy atom. The Kier molecular flexibility index (Phi) is 12.0. The summed E-state index contributed by atoms with van der Waals surface area (Å²) < 4.78 is 11.9. The molecule has 1 aromatic heterocycles. The van der Waals surface area contributed by atoms with Crippen molar-refractivity contribution in [3.63, 3.8) is 0 Å². The Labute approximate surface area is 289 Å². The van der Waals surface area contributed by atoms with E-state index in [2.05, 4.69) is 54.8 Å². The maximum absolute atomic E-state index is 13.9. The van der Waals surface area contributed by atoms with E-state index < -0.39 is 0 Å². The molecule has 5 rings (SSSR count). The van der Waals surface area contributed by atoms with E-state index in [0.29, 0.717) is 58.1 Å². The third kappa shape index (κ3) is 9.08. The monoisotopic (exact) mass is 666 g/mol. The van der Waals surface area contributed by atoms with Crippen molar-refractivity contribution in [3.8, 4) is 23.1 Å². The highest BCUT2D eigenvalue weighted by Gasteiger charge is 2.24. The average molecular weight is 667 g/mol. The summed E-state index contributed by atoms with van der Waals surface area (Å²) in [6.45, 7) is 6.70. The second-order valence-corrected chi connectivity index (χ2v) is 13.7. The van der Waals surface area contributed by atoms with Crippen LogP contribution in [-0.4, -0.2) is 25.1 Å². The minimum atomic E-state index is -0.245. The number of rotatable bonds is 13. The Balaban J connectivity index is 1.32. The van der Waals surface area contributed by atoms with Crippen molar-refractivity contribution in [1.29, 1.82) is 5.26 Å². The molecule has 1 aliphatic carbocycles. The lowest BCUT2D eigenvalue weighted by molar-refractivity contribution is 0.0932. The van der Waals surface area contributed by atoms with E-state index in [4.69, 9.17) is 26.5 Å². The molecule has 0 bridgehead atoms. The zero-order valence-corrected chi connectivity index (χ0v) is 29.2. The van der Waals surface area contributed by atoms with Crippen LogP contribution in [0.25, 0.3) is 11.3 Å². The number of carbonyl (C=O) groups excluding carboxylic acids is 1. The third-order valence-corrected chi connectivity index (χ3v) is 9.98. The van der Waals surface area contributed by atoms with Crippen LogP contribution < -0.4 is 21.1 Å². The van der Waals surface area contributed by atoms with Gasteiger partial charge in [0.2, 0.25) is 0 Å². The molecule has 0 unspecified atom stereocenters. The van der Waals surface area contributed by atoms with Crippen LogP contribution >= 0.6 is 11.6 Å². The van der Waals surface area contributed by atoms with Crippen LogP contribution in [0.3, 0.4) is 0 Å². The second kappa shape index (κ2) is 16.3. The van der Waals surface area contributed by atoms with Crippen LogP contribution in [0.5, 0.6) is 5.75 Å². The van der Waals surface area contributed by atoms with Gasteiger partial charge in [-0.15, -0.1) is 0 Å². The summed E-state index contributed by atoms with van der Waals surface area (Å²) in [5.74, 6) is 2.25. The standard InChI is InChI=1S/C40H47ClN4O3/c1-25-5-11-30(12-6-25)27(3)44-24-34-17-18-38(48-34)36-21-35(37(41)22-39(36)47-4)40(46)45-33(16-10-28-8-14-32(43)15-9-28)20-29-7-13-31(23-42)26(2)19-29/h5-7,11-13,17-19,21-22,27-28,32-33,44H,8-10,14-16,20,24,43H2,1-4H3,(H,45,46)/t27-,28?,32?,33+/m1/s1. The number of nitrogens with two attached hydrogens (primary N) is 1. The average Bonchev–Trinajstić information content (AvgIpc) is 3.56. The molecule has 8 heteroatoms. The topological polar surface area (TPSA) is 113 Å². The van der Waals surface area contributed by atoms with Crippen molar-refractivity contribution in [2.45, 2.75) is 90.4 Å². The summed E-state index contributed by atoms with van der Waals surface area (Å²) in [5, 5.41) is 16.5. The first-order valence-electron chi connectivity index (χ1n) is 17.0. The fourth-order valence-corrected chi connectivity index (χ4v) is 6.84. The highest BCUT2D eigenvalue weighted by atomic mass is 35.5. The minimum Gasteiger partial charge on any atom is -0.496 e. The molecule has 0 radical (unpaired) electrons. The molecule has 48 heavy (non-hydrogen) atoms. The Morgan fingerprint density at radius 1 is 1.06 bits per heavy atom. The number of carbonyl (C=O) groups is 1. The lowest BCUT2D eigenvalue weighted by Crippen LogP contribution is -2.37. The van der Waals surface area contributed by atoms with Crippen LogP contribution in [0.1, 0.15) is 95.4 Å². The zero-order chi connectivity index (χ0) is 34.2. The Bertz CT molecular complexity index is 1730. The number of halogens is 1. The summed E-state index contributed by atoms with van der Waals surface area (Å²) in [6, 6.07) is 24.2. The minimum absolute atomic E-state index is 0.112. The quantitative estimate of drug-likeness (QED) is 0.132. The molecule has 3 aromatic carbocycles. The van der Waals surface area contributed by atoms with Crippen molar-refractivity contribution in [1.82, 2.24) is 10.6 Å². The van der Waals surface area contributed by atoms with E-state index in [1.807, 2.05) is 37.3 Å². The van der Waals surface area contributed by atoms with E-state index in [1.165, 1.54) is 11.1 Å². The molecule has 4 aromatic rings. The van der Waals surface area contributed by atoms with Gasteiger partial charge in [0, 0.05) is 24.2 Å². The molecule has 1 aliphatic rings. The zero-order valence-electron chi connectivity index (χ0n) is 28.4. The van der Waals surface area contributed by atoms with Gasteiger partial charge in [0.15, 0.2) is 0 Å². The lowest BCUT2D eigenvalue weighted by atomic mass is 9.82. The molecule has 252 valence electrons. The third-order valence-electron chi connectivity index (χ3n) is 9.66. The number of ether oxygens (including phenoxy) is 1. The predicted octanol–water partition coefficient (Wildman–Crippen LogP) is 8.59. The van der Waals surface area contributed by atoms with Gasteiger partial charge < -0.3 is 25.5 Å². The molecule has 0 aliphatic heterocycles. The summed E-state index contributed by atoms with van der Waals surface area (Å²) in [4.78, 5) is 13.9. The van der Waals surface area contributed by atoms with Crippen LogP contribution in [0.15, 0.2) is 71.1 Å². The van der Waals surface area contributed by atoms with E-state index in [1.54, 1.807) is 19.2 Å². The summed E-state index contributed by atoms with van der Waals surface area (Å²) >= 11 is 6.71. The van der Waals surface area contributed by atoms with Gasteiger partial charge in [-0.25, -0.2) is 0 Å². The van der Waals surface area contributed by atoms with Crippen molar-refractivity contribution in [3.05, 3.63) is 111 Å². The number of hydrogen-bond acceptors (Lipinski definition) is 6. The van der Waals surface area contributed by atoms with Crippen molar-refractivity contribution in [2.24, 2.45) is 11.7 Å². The first-order chi connectivity index (χ1) is 23.1. The van der Waals surface area contributed by atoms with Gasteiger partial charge in [0.05, 0.1) is 41.4 Å². The van der Waals surface area contributed by atoms with Crippen LogP contribution in [0.4, 0.5) is 0 Å². The number of aryl methyl sites for hydroxylation is 2. The van der Waals surface area contributed by atoms with Gasteiger partial charge in [-0.2, -0.15) is 5.26 Å². The van der Waals surface area contributed by atoms with Crippen LogP contribution in [-0.2, 0) is 13.0 Å². The number of furan rings is 1. The van der Waals surface area contributed by atoms with E-state index >= 15 is 0 Å². The van der Waals surface area contributed by atoms with Gasteiger partial charge in [-0.05, 0) is 113 Å². The van der Waals surface area contributed by atoms with Crippen molar-refractivity contribution in [2.75, 3.05) is 7.11 Å². The first kappa shape index (κ1) is 35.2. The number of nitrogens with zero attached hydrogens (tertiary/aromatic N) is 1. The predicted molar refractivity (Wildman–Crippen MR) is 192 cm³/mol. The number of benzene rings is 3. The maximum atomic E-state index is 13.9. The van der Waals surface area contributed by atoms with Gasteiger partial charge in [0.25, 0.3) is 5.91 Å². The van der Waals surface area contributed by atoms with Crippen LogP contribution in [0, 0.1) is 31.1 Å². The van der Waals surface area contributed by atoms with E-state index in [-0.39, 0.29) is 18.0 Å². The van der Waals surface area contributed by atoms with Gasteiger partial charge in [-0.3, -0.25) is 4.79 Å². The molecule has 7 nitrogen and oxygen atoms in total. The normalized spacial score (nSPS) is 17.4. The smallest absolute Gasteiger partial charge is 0.253 e. The number of methoxy groups -OCH3 is 1. The molecule has 0 saturated heterocycles. The van der Waals surface area contributed by atoms with Gasteiger partial charge >= 0.3 is 0 Å². The summed E-state index contributed by atoms with van der Waals surface area (Å²) in [7, 11) is 1.58.